The Morgan fingerprint density at radius 1 is 1.19 bits per heavy atom. The molecule has 2 rings (SSSR count). The van der Waals surface area contributed by atoms with Crippen LogP contribution in [0.1, 0.15) is 19.4 Å². The molecule has 0 aliphatic heterocycles. The fourth-order valence-electron chi connectivity index (χ4n) is 2.66. The van der Waals surface area contributed by atoms with Gasteiger partial charge in [-0.2, -0.15) is 0 Å². The molecule has 1 aliphatic carbocycles. The molecule has 1 aliphatic rings. The van der Waals surface area contributed by atoms with Crippen molar-refractivity contribution < 1.29 is 0 Å². The molecule has 0 fully saturated rings. The summed E-state index contributed by atoms with van der Waals surface area (Å²) in [4.78, 5) is 8.52. The van der Waals surface area contributed by atoms with Crippen molar-refractivity contribution in [2.24, 2.45) is 26.9 Å². The highest BCUT2D eigenvalue weighted by molar-refractivity contribution is 6.10. The largest absolute Gasteiger partial charge is 0.305 e. The first-order chi connectivity index (χ1) is 9.84. The first-order valence-electron chi connectivity index (χ1n) is 6.86. The lowest BCUT2D eigenvalue weighted by Gasteiger charge is -2.28. The van der Waals surface area contributed by atoms with Crippen LogP contribution in [0, 0.1) is 5.41 Å². The summed E-state index contributed by atoms with van der Waals surface area (Å²) in [6.07, 6.45) is 4.04. The molecule has 0 bridgehead atoms. The van der Waals surface area contributed by atoms with Gasteiger partial charge in [0, 0.05) is 18.0 Å². The molecule has 4 N–H and O–H groups in total. The third-order valence-corrected chi connectivity index (χ3v) is 3.81. The van der Waals surface area contributed by atoms with Gasteiger partial charge in [-0.25, -0.2) is 0 Å². The lowest BCUT2D eigenvalue weighted by atomic mass is 9.87. The van der Waals surface area contributed by atoms with Crippen LogP contribution in [0.2, 0.25) is 0 Å². The number of hydrogen-bond acceptors (Lipinski definition) is 4. The van der Waals surface area contributed by atoms with E-state index in [1.807, 2.05) is 36.4 Å². The quantitative estimate of drug-likeness (QED) is 0.657. The Hall–Kier alpha value is -2.04. The van der Waals surface area contributed by atoms with E-state index in [1.165, 1.54) is 0 Å². The number of nitrogens with two attached hydrogens (primary N) is 2. The minimum Gasteiger partial charge on any atom is -0.305 e. The van der Waals surface area contributed by atoms with Crippen LogP contribution in [0.5, 0.6) is 0 Å². The summed E-state index contributed by atoms with van der Waals surface area (Å²) in [5.74, 6) is 0. The average Bonchev–Trinajstić information content (AvgIpc) is 2.75. The summed E-state index contributed by atoms with van der Waals surface area (Å²) in [5, 5.41) is 0. The second-order valence-electron chi connectivity index (χ2n) is 5.78. The van der Waals surface area contributed by atoms with Gasteiger partial charge in [-0.15, -0.1) is 0 Å². The highest BCUT2D eigenvalue weighted by Gasteiger charge is 2.36. The number of aliphatic imine (C=N–C) groups is 2. The molecule has 4 nitrogen and oxygen atoms in total. The van der Waals surface area contributed by atoms with Gasteiger partial charge in [0.05, 0.1) is 11.4 Å². The maximum atomic E-state index is 6.40. The van der Waals surface area contributed by atoms with Gasteiger partial charge in [0.15, 0.2) is 0 Å². The van der Waals surface area contributed by atoms with Crippen molar-refractivity contribution in [3.8, 4) is 0 Å². The predicted molar refractivity (Wildman–Crippen MR) is 89.3 cm³/mol. The molecule has 0 saturated heterocycles. The fraction of sp³-hybridized carbons (Fsp3) is 0.294. The Morgan fingerprint density at radius 2 is 1.81 bits per heavy atom. The number of rotatable bonds is 4. The third-order valence-electron chi connectivity index (χ3n) is 3.81. The molecule has 0 radical (unpaired) electrons. The van der Waals surface area contributed by atoms with E-state index in [0.29, 0.717) is 5.71 Å². The SMILES string of the molecule is C=NC1=C(C(=NC)C(N)(N)c2ccccc2)C=CC1(C)C. The summed E-state index contributed by atoms with van der Waals surface area (Å²) in [5.41, 5.74) is 14.5. The topological polar surface area (TPSA) is 76.8 Å². The molecule has 110 valence electrons. The van der Waals surface area contributed by atoms with Crippen molar-refractivity contribution in [3.63, 3.8) is 0 Å². The minimum absolute atomic E-state index is 0.195. The Labute approximate surface area is 126 Å². The van der Waals surface area contributed by atoms with Gasteiger partial charge < -0.3 is 11.5 Å². The fourth-order valence-corrected chi connectivity index (χ4v) is 2.66. The maximum absolute atomic E-state index is 6.40. The Kier molecular flexibility index (Phi) is 3.94. The van der Waals surface area contributed by atoms with E-state index in [4.69, 9.17) is 11.5 Å². The summed E-state index contributed by atoms with van der Waals surface area (Å²) < 4.78 is 0. The van der Waals surface area contributed by atoms with E-state index < -0.39 is 5.66 Å². The smallest absolute Gasteiger partial charge is 0.134 e. The van der Waals surface area contributed by atoms with E-state index in [1.54, 1.807) is 7.05 Å². The van der Waals surface area contributed by atoms with Gasteiger partial charge in [-0.05, 0) is 12.3 Å². The highest BCUT2D eigenvalue weighted by atomic mass is 15.0. The summed E-state index contributed by atoms with van der Waals surface area (Å²) >= 11 is 0. The Balaban J connectivity index is 2.56. The Bertz CT molecular complexity index is 634. The van der Waals surface area contributed by atoms with Gasteiger partial charge in [-0.3, -0.25) is 9.98 Å². The van der Waals surface area contributed by atoms with E-state index >= 15 is 0 Å². The van der Waals surface area contributed by atoms with Gasteiger partial charge in [0.25, 0.3) is 0 Å². The number of benzene rings is 1. The van der Waals surface area contributed by atoms with Crippen LogP contribution in [0.4, 0.5) is 0 Å². The molecule has 0 unspecified atom stereocenters. The zero-order chi connectivity index (χ0) is 15.7. The second kappa shape index (κ2) is 5.39. The third kappa shape index (κ3) is 2.60. The van der Waals surface area contributed by atoms with E-state index in [-0.39, 0.29) is 5.41 Å². The molecule has 0 spiro atoms. The summed E-state index contributed by atoms with van der Waals surface area (Å²) in [6, 6.07) is 9.54. The van der Waals surface area contributed by atoms with Crippen LogP contribution >= 0.6 is 0 Å². The Morgan fingerprint density at radius 3 is 2.33 bits per heavy atom. The molecule has 1 aromatic rings. The first-order valence-corrected chi connectivity index (χ1v) is 6.86. The van der Waals surface area contributed by atoms with Crippen LogP contribution in [-0.4, -0.2) is 19.5 Å². The molecule has 1 aromatic carbocycles. The van der Waals surface area contributed by atoms with Gasteiger partial charge in [-0.1, -0.05) is 56.3 Å². The van der Waals surface area contributed by atoms with Crippen molar-refractivity contribution >= 4 is 12.4 Å². The number of hydrogen-bond donors (Lipinski definition) is 2. The molecule has 0 aromatic heterocycles. The van der Waals surface area contributed by atoms with E-state index in [2.05, 4.69) is 36.6 Å². The molecule has 4 heteroatoms. The summed E-state index contributed by atoms with van der Waals surface area (Å²) in [7, 11) is 1.69. The van der Waals surface area contributed by atoms with Crippen molar-refractivity contribution in [1.29, 1.82) is 0 Å². The monoisotopic (exact) mass is 282 g/mol. The standard InChI is InChI=1S/C17H22N4/c1-16(2)11-10-13(14(16)20-3)15(21-4)17(18,19)12-8-6-5-7-9-12/h5-11H,3,18-19H2,1-2,4H3. The van der Waals surface area contributed by atoms with Gasteiger partial charge >= 0.3 is 0 Å². The van der Waals surface area contributed by atoms with Crippen LogP contribution in [0.3, 0.4) is 0 Å². The molecule has 0 amide bonds. The molecule has 21 heavy (non-hydrogen) atoms. The van der Waals surface area contributed by atoms with Crippen LogP contribution in [0.15, 0.2) is 63.7 Å². The second-order valence-corrected chi connectivity index (χ2v) is 5.78. The average molecular weight is 282 g/mol. The van der Waals surface area contributed by atoms with Crippen molar-refractivity contribution in [1.82, 2.24) is 0 Å². The van der Waals surface area contributed by atoms with Crippen LogP contribution < -0.4 is 11.5 Å². The predicted octanol–water partition coefficient (Wildman–Crippen LogP) is 2.38. The van der Waals surface area contributed by atoms with Crippen molar-refractivity contribution in [3.05, 3.63) is 59.3 Å². The molecular formula is C17H22N4. The van der Waals surface area contributed by atoms with Gasteiger partial charge in [0.1, 0.15) is 5.66 Å². The molecule has 0 saturated carbocycles. The zero-order valence-electron chi connectivity index (χ0n) is 12.8. The molecular weight excluding hydrogens is 260 g/mol. The van der Waals surface area contributed by atoms with E-state index in [0.717, 1.165) is 16.8 Å². The highest BCUT2D eigenvalue weighted by Crippen LogP contribution is 2.39. The normalized spacial score (nSPS) is 18.2. The molecule has 0 atom stereocenters. The van der Waals surface area contributed by atoms with Crippen molar-refractivity contribution in [2.45, 2.75) is 19.5 Å². The lowest BCUT2D eigenvalue weighted by molar-refractivity contribution is 0.581. The zero-order valence-corrected chi connectivity index (χ0v) is 12.8. The lowest BCUT2D eigenvalue weighted by Crippen LogP contribution is -2.53. The summed E-state index contributed by atoms with van der Waals surface area (Å²) in [6.45, 7) is 7.82. The minimum atomic E-state index is -1.17. The molecule has 0 heterocycles. The van der Waals surface area contributed by atoms with E-state index in [9.17, 15) is 0 Å². The maximum Gasteiger partial charge on any atom is 0.134 e. The van der Waals surface area contributed by atoms with Gasteiger partial charge in [0.2, 0.25) is 0 Å². The van der Waals surface area contributed by atoms with Crippen LogP contribution in [-0.2, 0) is 5.66 Å². The number of nitrogens with zero attached hydrogens (tertiary/aromatic N) is 2. The first kappa shape index (κ1) is 15.4. The van der Waals surface area contributed by atoms with Crippen LogP contribution in [0.25, 0.3) is 0 Å². The number of allylic oxidation sites excluding steroid dienone is 2. The van der Waals surface area contributed by atoms with Crippen molar-refractivity contribution in [2.75, 3.05) is 7.05 Å².